The zero-order chi connectivity index (χ0) is 28.7. The van der Waals surface area contributed by atoms with E-state index in [1.165, 1.54) is 26.4 Å². The monoisotopic (exact) mass is 566 g/mol. The molecule has 0 spiro atoms. The summed E-state index contributed by atoms with van der Waals surface area (Å²) >= 11 is 0. The number of nitrogens with one attached hydrogen (secondary N) is 1. The van der Waals surface area contributed by atoms with Gasteiger partial charge in [-0.05, 0) is 66.9 Å². The second-order valence-electron chi connectivity index (χ2n) is 11.8. The Kier molecular flexibility index (Phi) is 7.80. The summed E-state index contributed by atoms with van der Waals surface area (Å²) in [7, 11) is 1.49. The molecule has 3 aliphatic carbocycles. The number of amides is 2. The number of rotatable bonds is 10. The van der Waals surface area contributed by atoms with Crippen molar-refractivity contribution in [3.8, 4) is 11.5 Å². The van der Waals surface area contributed by atoms with Gasteiger partial charge in [-0.15, -0.1) is 0 Å². The normalized spacial score (nSPS) is 29.4. The minimum atomic E-state index is -1.15. The molecule has 2 bridgehead atoms. The van der Waals surface area contributed by atoms with Gasteiger partial charge in [-0.25, -0.2) is 0 Å². The van der Waals surface area contributed by atoms with Crippen molar-refractivity contribution in [3.63, 3.8) is 0 Å². The van der Waals surface area contributed by atoms with E-state index in [-0.39, 0.29) is 32.2 Å². The van der Waals surface area contributed by atoms with Crippen LogP contribution in [0.15, 0.2) is 46.8 Å². The van der Waals surface area contributed by atoms with Crippen molar-refractivity contribution in [1.29, 1.82) is 0 Å². The molecular formula is C31H38N2O8. The molecule has 0 saturated heterocycles. The van der Waals surface area contributed by atoms with Crippen LogP contribution in [0.4, 0.5) is 0 Å². The van der Waals surface area contributed by atoms with Crippen molar-refractivity contribution < 1.29 is 38.8 Å². The molecule has 10 heteroatoms. The number of nitrogens with zero attached hydrogens (tertiary/aromatic N) is 1. The van der Waals surface area contributed by atoms with Crippen LogP contribution in [-0.4, -0.2) is 70.5 Å². The summed E-state index contributed by atoms with van der Waals surface area (Å²) in [6.45, 7) is -0.208. The van der Waals surface area contributed by atoms with Gasteiger partial charge in [-0.3, -0.25) is 9.59 Å². The van der Waals surface area contributed by atoms with Crippen molar-refractivity contribution in [1.82, 2.24) is 10.2 Å². The second kappa shape index (κ2) is 11.5. The molecule has 2 aromatic rings. The van der Waals surface area contributed by atoms with Crippen molar-refractivity contribution in [2.24, 2.45) is 17.8 Å². The van der Waals surface area contributed by atoms with E-state index < -0.39 is 30.1 Å². The summed E-state index contributed by atoms with van der Waals surface area (Å²) in [5, 5.41) is 33.8. The molecule has 10 nitrogen and oxygen atoms in total. The third-order valence-corrected chi connectivity index (χ3v) is 9.43. The number of hydrogen-bond acceptors (Lipinski definition) is 8. The lowest BCUT2D eigenvalue weighted by molar-refractivity contribution is -0.139. The van der Waals surface area contributed by atoms with Gasteiger partial charge in [-0.2, -0.15) is 0 Å². The van der Waals surface area contributed by atoms with Gasteiger partial charge >= 0.3 is 0 Å². The van der Waals surface area contributed by atoms with E-state index in [2.05, 4.69) is 5.32 Å². The zero-order valence-corrected chi connectivity index (χ0v) is 23.2. The van der Waals surface area contributed by atoms with Crippen molar-refractivity contribution >= 4 is 11.8 Å². The predicted molar refractivity (Wildman–Crippen MR) is 147 cm³/mol. The number of aliphatic hydroxyl groups is 3. The average Bonchev–Trinajstić information content (AvgIpc) is 3.79. The van der Waals surface area contributed by atoms with Crippen molar-refractivity contribution in [3.05, 3.63) is 59.1 Å². The van der Waals surface area contributed by atoms with Gasteiger partial charge in [0.2, 0.25) is 11.8 Å². The van der Waals surface area contributed by atoms with Crippen LogP contribution in [0.25, 0.3) is 0 Å². The van der Waals surface area contributed by atoms with E-state index in [1.807, 2.05) is 0 Å². The number of furan rings is 1. The van der Waals surface area contributed by atoms with E-state index in [9.17, 15) is 24.9 Å². The second-order valence-corrected chi connectivity index (χ2v) is 11.8. The highest BCUT2D eigenvalue weighted by Crippen LogP contribution is 2.52. The van der Waals surface area contributed by atoms with Crippen LogP contribution in [0.3, 0.4) is 0 Å². The number of carbonyl (C=O) groups excluding carboxylic acids is 2. The van der Waals surface area contributed by atoms with Gasteiger partial charge in [0.1, 0.15) is 12.2 Å². The largest absolute Gasteiger partial charge is 0.493 e. The van der Waals surface area contributed by atoms with E-state index in [1.54, 1.807) is 41.7 Å². The Hall–Kier alpha value is -3.34. The number of fused-ring (bicyclic) bond motifs is 5. The first kappa shape index (κ1) is 27.8. The number of hydrogen-bond donors (Lipinski definition) is 4. The molecule has 4 aliphatic rings. The van der Waals surface area contributed by atoms with E-state index in [0.29, 0.717) is 52.4 Å². The van der Waals surface area contributed by atoms with Crippen LogP contribution < -0.4 is 14.8 Å². The van der Waals surface area contributed by atoms with Crippen molar-refractivity contribution in [2.75, 3.05) is 20.3 Å². The van der Waals surface area contributed by atoms with Gasteiger partial charge in [0, 0.05) is 36.2 Å². The molecule has 41 heavy (non-hydrogen) atoms. The summed E-state index contributed by atoms with van der Waals surface area (Å²) in [4.78, 5) is 29.2. The van der Waals surface area contributed by atoms with Crippen LogP contribution >= 0.6 is 0 Å². The Morgan fingerprint density at radius 1 is 1.17 bits per heavy atom. The first-order valence-electron chi connectivity index (χ1n) is 14.5. The summed E-state index contributed by atoms with van der Waals surface area (Å²) in [5.41, 5.74) is 2.32. The molecule has 220 valence electrons. The highest BCUT2D eigenvalue weighted by Gasteiger charge is 2.52. The molecule has 6 rings (SSSR count). The average molecular weight is 567 g/mol. The SMILES string of the molecule is COc1cc(CO)cc2c1OC1C2C(C(=O)NCCO)=CC(N(Cc2ccoc2)C(=O)CC2CC3CCC2C3)C1O. The maximum absolute atomic E-state index is 14.0. The van der Waals surface area contributed by atoms with Crippen LogP contribution in [0.2, 0.25) is 0 Å². The fraction of sp³-hybridized carbons (Fsp3) is 0.548. The zero-order valence-electron chi connectivity index (χ0n) is 23.2. The molecule has 4 N–H and O–H groups in total. The molecule has 1 aromatic heterocycles. The van der Waals surface area contributed by atoms with Gasteiger partial charge in [0.05, 0.1) is 44.8 Å². The number of ether oxygens (including phenoxy) is 2. The van der Waals surface area contributed by atoms with Gasteiger partial charge in [0.15, 0.2) is 11.5 Å². The lowest BCUT2D eigenvalue weighted by Gasteiger charge is -2.41. The van der Waals surface area contributed by atoms with Crippen LogP contribution in [0.5, 0.6) is 11.5 Å². The van der Waals surface area contributed by atoms with Crippen molar-refractivity contribution in [2.45, 2.75) is 69.4 Å². The Morgan fingerprint density at radius 3 is 2.68 bits per heavy atom. The van der Waals surface area contributed by atoms with Crippen LogP contribution in [0.1, 0.15) is 54.7 Å². The third kappa shape index (κ3) is 5.13. The Labute approximate surface area is 238 Å². The maximum Gasteiger partial charge on any atom is 0.247 e. The summed E-state index contributed by atoms with van der Waals surface area (Å²) in [6, 6.07) is 4.37. The molecule has 1 aliphatic heterocycles. The summed E-state index contributed by atoms with van der Waals surface area (Å²) in [5.74, 6) is 1.23. The minimum absolute atomic E-state index is 0.0520. The molecule has 7 atom stereocenters. The van der Waals surface area contributed by atoms with E-state index in [0.717, 1.165) is 12.0 Å². The molecule has 0 radical (unpaired) electrons. The molecule has 2 heterocycles. The van der Waals surface area contributed by atoms with E-state index >= 15 is 0 Å². The number of methoxy groups -OCH3 is 1. The van der Waals surface area contributed by atoms with Crippen LogP contribution in [-0.2, 0) is 22.7 Å². The Balaban J connectivity index is 1.38. The topological polar surface area (TPSA) is 142 Å². The fourth-order valence-corrected chi connectivity index (χ4v) is 7.53. The molecule has 2 fully saturated rings. The molecule has 2 saturated carbocycles. The smallest absolute Gasteiger partial charge is 0.247 e. The number of aliphatic hydroxyl groups excluding tert-OH is 3. The van der Waals surface area contributed by atoms with Gasteiger partial charge in [0.25, 0.3) is 0 Å². The predicted octanol–water partition coefficient (Wildman–Crippen LogP) is 2.26. The molecule has 7 unspecified atom stereocenters. The molecule has 2 amide bonds. The first-order valence-corrected chi connectivity index (χ1v) is 14.5. The summed E-state index contributed by atoms with van der Waals surface area (Å²) < 4.78 is 17.1. The summed E-state index contributed by atoms with van der Waals surface area (Å²) in [6.07, 6.45) is 7.83. The number of carbonyl (C=O) groups is 2. The lowest BCUT2D eigenvalue weighted by atomic mass is 9.77. The lowest BCUT2D eigenvalue weighted by Crippen LogP contribution is -2.55. The van der Waals surface area contributed by atoms with Crippen LogP contribution in [0, 0.1) is 17.8 Å². The van der Waals surface area contributed by atoms with Gasteiger partial charge < -0.3 is 39.4 Å². The highest BCUT2D eigenvalue weighted by molar-refractivity contribution is 5.96. The Bertz CT molecular complexity index is 1310. The highest BCUT2D eigenvalue weighted by atomic mass is 16.5. The quantitative estimate of drug-likeness (QED) is 0.343. The molecule has 1 aromatic carbocycles. The standard InChI is InChI=1S/C31H38N2O8/c1-39-25-11-19(15-35)10-22-27-23(31(38)32-5-6-34)13-24(28(37)30(27)41-29(22)25)33(14-18-4-7-40-16-18)26(36)12-21-9-17-2-3-20(21)8-17/h4,7,10-11,13,16-17,20-21,24,27-28,30,34-35,37H,2-3,5-6,8-9,12,14-15H2,1H3,(H,32,38). The first-order chi connectivity index (χ1) is 19.9. The maximum atomic E-state index is 14.0. The minimum Gasteiger partial charge on any atom is -0.493 e. The third-order valence-electron chi connectivity index (χ3n) is 9.43. The number of benzene rings is 1. The fourth-order valence-electron chi connectivity index (χ4n) is 7.53. The Morgan fingerprint density at radius 2 is 2.02 bits per heavy atom. The molecular weight excluding hydrogens is 528 g/mol. The van der Waals surface area contributed by atoms with E-state index in [4.69, 9.17) is 13.9 Å². The van der Waals surface area contributed by atoms with Gasteiger partial charge in [-0.1, -0.05) is 6.42 Å².